The van der Waals surface area contributed by atoms with Crippen LogP contribution in [-0.4, -0.2) is 23.4 Å². The van der Waals surface area contributed by atoms with Crippen molar-refractivity contribution in [3.05, 3.63) is 45.5 Å². The molecule has 2 rings (SSSR count). The summed E-state index contributed by atoms with van der Waals surface area (Å²) in [6.45, 7) is 2.85. The minimum atomic E-state index is -0.281. The molecule has 0 spiro atoms. The maximum absolute atomic E-state index is 12.1. The number of nitrogens with zero attached hydrogens (tertiary/aromatic N) is 1. The summed E-state index contributed by atoms with van der Waals surface area (Å²) in [6.07, 6.45) is 1.90. The SMILES string of the molecule is CCOC(=O)C1=CCN(SI)C1c1ccc(Cl)c(Cl)c1. The molecule has 0 amide bonds. The van der Waals surface area contributed by atoms with Crippen LogP contribution in [0, 0.1) is 0 Å². The second-order valence-corrected chi connectivity index (χ2v) is 6.73. The van der Waals surface area contributed by atoms with Crippen molar-refractivity contribution in [3.63, 3.8) is 0 Å². The Bertz CT molecular complexity index is 553. The molecule has 3 nitrogen and oxygen atoms in total. The highest BCUT2D eigenvalue weighted by molar-refractivity contribution is 14.2. The van der Waals surface area contributed by atoms with Gasteiger partial charge < -0.3 is 4.74 Å². The van der Waals surface area contributed by atoms with Gasteiger partial charge in [-0.3, -0.25) is 0 Å². The van der Waals surface area contributed by atoms with Crippen LogP contribution in [0.4, 0.5) is 0 Å². The molecule has 0 aliphatic carbocycles. The van der Waals surface area contributed by atoms with E-state index in [-0.39, 0.29) is 12.0 Å². The minimum Gasteiger partial charge on any atom is -0.463 e. The van der Waals surface area contributed by atoms with Crippen molar-refractivity contribution < 1.29 is 9.53 Å². The van der Waals surface area contributed by atoms with Gasteiger partial charge >= 0.3 is 5.97 Å². The summed E-state index contributed by atoms with van der Waals surface area (Å²) in [4.78, 5) is 12.1. The van der Waals surface area contributed by atoms with E-state index in [0.29, 0.717) is 28.8 Å². The predicted octanol–water partition coefficient (Wildman–Crippen LogP) is 4.84. The first kappa shape index (κ1) is 16.4. The van der Waals surface area contributed by atoms with Gasteiger partial charge in [-0.05, 0) is 33.7 Å². The third-order valence-electron chi connectivity index (χ3n) is 2.93. The zero-order valence-electron chi connectivity index (χ0n) is 10.6. The minimum absolute atomic E-state index is 0.161. The molecule has 1 aromatic rings. The molecule has 0 bridgehead atoms. The first-order valence-corrected chi connectivity index (χ1v) is 10.0. The van der Waals surface area contributed by atoms with Crippen LogP contribution >= 0.6 is 53.5 Å². The van der Waals surface area contributed by atoms with Gasteiger partial charge in [0.1, 0.15) is 0 Å². The van der Waals surface area contributed by atoms with Gasteiger partial charge in [-0.25, -0.2) is 9.10 Å². The van der Waals surface area contributed by atoms with Crippen molar-refractivity contribution in [1.82, 2.24) is 4.31 Å². The van der Waals surface area contributed by atoms with Gasteiger partial charge in [-0.2, -0.15) is 0 Å². The molecule has 1 aromatic carbocycles. The van der Waals surface area contributed by atoms with Crippen LogP contribution < -0.4 is 0 Å². The Morgan fingerprint density at radius 3 is 2.85 bits per heavy atom. The molecule has 0 radical (unpaired) electrons. The van der Waals surface area contributed by atoms with Crippen LogP contribution in [0.15, 0.2) is 29.8 Å². The summed E-state index contributed by atoms with van der Waals surface area (Å²) < 4.78 is 7.21. The van der Waals surface area contributed by atoms with Gasteiger partial charge in [0.25, 0.3) is 0 Å². The fourth-order valence-electron chi connectivity index (χ4n) is 2.07. The van der Waals surface area contributed by atoms with E-state index in [2.05, 4.69) is 25.5 Å². The van der Waals surface area contributed by atoms with Crippen molar-refractivity contribution in [2.24, 2.45) is 0 Å². The largest absolute Gasteiger partial charge is 0.463 e. The van der Waals surface area contributed by atoms with Gasteiger partial charge in [0, 0.05) is 27.8 Å². The zero-order chi connectivity index (χ0) is 14.7. The van der Waals surface area contributed by atoms with Gasteiger partial charge in [0.15, 0.2) is 0 Å². The molecule has 0 N–H and O–H groups in total. The smallest absolute Gasteiger partial charge is 0.335 e. The van der Waals surface area contributed by atoms with Crippen LogP contribution in [0.25, 0.3) is 0 Å². The average molecular weight is 444 g/mol. The maximum atomic E-state index is 12.1. The van der Waals surface area contributed by atoms with E-state index in [1.165, 1.54) is 0 Å². The lowest BCUT2D eigenvalue weighted by molar-refractivity contribution is -0.138. The highest BCUT2D eigenvalue weighted by Gasteiger charge is 2.34. The molecule has 0 saturated carbocycles. The van der Waals surface area contributed by atoms with Crippen LogP contribution in [0.2, 0.25) is 10.0 Å². The fourth-order valence-corrected chi connectivity index (χ4v) is 3.98. The molecule has 1 aliphatic rings. The van der Waals surface area contributed by atoms with Crippen LogP contribution in [0.5, 0.6) is 0 Å². The molecular formula is C13H12Cl2INO2S. The number of rotatable bonds is 4. The van der Waals surface area contributed by atoms with Gasteiger partial charge in [-0.15, -0.1) is 0 Å². The molecule has 1 atom stereocenters. The second kappa shape index (κ2) is 7.35. The highest BCUT2D eigenvalue weighted by Crippen LogP contribution is 2.41. The van der Waals surface area contributed by atoms with Crippen molar-refractivity contribution in [3.8, 4) is 0 Å². The molecule has 108 valence electrons. The number of benzene rings is 1. The first-order valence-electron chi connectivity index (χ1n) is 5.96. The van der Waals surface area contributed by atoms with E-state index in [4.69, 9.17) is 27.9 Å². The van der Waals surface area contributed by atoms with Crippen LogP contribution in [-0.2, 0) is 9.53 Å². The van der Waals surface area contributed by atoms with Crippen molar-refractivity contribution in [1.29, 1.82) is 0 Å². The summed E-state index contributed by atoms with van der Waals surface area (Å²) in [5.74, 6) is -0.281. The molecule has 0 aromatic heterocycles. The Morgan fingerprint density at radius 1 is 1.50 bits per heavy atom. The maximum Gasteiger partial charge on any atom is 0.335 e. The Balaban J connectivity index is 2.35. The van der Waals surface area contributed by atoms with E-state index in [0.717, 1.165) is 5.56 Å². The summed E-state index contributed by atoms with van der Waals surface area (Å²) in [7, 11) is 1.55. The monoisotopic (exact) mass is 443 g/mol. The quantitative estimate of drug-likeness (QED) is 0.378. The van der Waals surface area contributed by atoms with Gasteiger partial charge in [0.05, 0.1) is 28.3 Å². The van der Waals surface area contributed by atoms with Crippen LogP contribution in [0.1, 0.15) is 18.5 Å². The first-order chi connectivity index (χ1) is 9.58. The predicted molar refractivity (Wildman–Crippen MR) is 92.2 cm³/mol. The number of hydrogen-bond donors (Lipinski definition) is 0. The standard InChI is InChI=1S/C13H12Cl2INO2S/c1-2-19-13(18)9-5-6-17(20-16)12(9)8-3-4-10(14)11(15)7-8/h3-5,7,12H,2,6H2,1H3. The molecule has 0 saturated heterocycles. The number of ether oxygens (including phenoxy) is 1. The topological polar surface area (TPSA) is 29.5 Å². The Hall–Kier alpha value is 0.0500. The Morgan fingerprint density at radius 2 is 2.25 bits per heavy atom. The lowest BCUT2D eigenvalue weighted by atomic mass is 10.0. The number of esters is 1. The van der Waals surface area contributed by atoms with Gasteiger partial charge in [0.2, 0.25) is 0 Å². The zero-order valence-corrected chi connectivity index (χ0v) is 15.1. The van der Waals surface area contributed by atoms with Crippen molar-refractivity contribution in [2.75, 3.05) is 13.2 Å². The summed E-state index contributed by atoms with van der Waals surface area (Å²) >= 11 is 14.2. The second-order valence-electron chi connectivity index (χ2n) is 4.12. The Kier molecular flexibility index (Phi) is 6.04. The average Bonchev–Trinajstić information content (AvgIpc) is 2.86. The summed E-state index contributed by atoms with van der Waals surface area (Å²) in [6, 6.07) is 5.27. The molecule has 7 heteroatoms. The van der Waals surface area contributed by atoms with E-state index < -0.39 is 0 Å². The van der Waals surface area contributed by atoms with Crippen molar-refractivity contribution in [2.45, 2.75) is 13.0 Å². The fraction of sp³-hybridized carbons (Fsp3) is 0.308. The number of hydrogen-bond acceptors (Lipinski definition) is 4. The lowest BCUT2D eigenvalue weighted by Crippen LogP contribution is -2.21. The highest BCUT2D eigenvalue weighted by atomic mass is 127. The van der Waals surface area contributed by atoms with E-state index in [1.54, 1.807) is 28.2 Å². The van der Waals surface area contributed by atoms with E-state index in [9.17, 15) is 4.79 Å². The third-order valence-corrected chi connectivity index (χ3v) is 5.73. The lowest BCUT2D eigenvalue weighted by Gasteiger charge is -2.23. The van der Waals surface area contributed by atoms with Crippen LogP contribution in [0.3, 0.4) is 0 Å². The molecule has 20 heavy (non-hydrogen) atoms. The normalized spacial score (nSPS) is 19.0. The van der Waals surface area contributed by atoms with Gasteiger partial charge in [-0.1, -0.05) is 35.3 Å². The van der Waals surface area contributed by atoms with Crippen molar-refractivity contribution >= 4 is 59.5 Å². The molecule has 1 unspecified atom stereocenters. The molecular weight excluding hydrogens is 432 g/mol. The molecule has 0 fully saturated rings. The number of carbonyl (C=O) groups is 1. The van der Waals surface area contributed by atoms with E-state index in [1.807, 2.05) is 12.1 Å². The summed E-state index contributed by atoms with van der Waals surface area (Å²) in [5.41, 5.74) is 1.58. The Labute approximate surface area is 144 Å². The summed E-state index contributed by atoms with van der Waals surface area (Å²) in [5, 5.41) is 0.987. The number of halogens is 3. The van der Waals surface area contributed by atoms with E-state index >= 15 is 0 Å². The molecule has 1 heterocycles. The number of carbonyl (C=O) groups excluding carboxylic acids is 1. The molecule has 1 aliphatic heterocycles. The third kappa shape index (κ3) is 3.44.